The molecule has 1 aromatic rings. The van der Waals surface area contributed by atoms with Gasteiger partial charge < -0.3 is 5.32 Å². The van der Waals surface area contributed by atoms with Crippen molar-refractivity contribution < 1.29 is 4.79 Å². The topological polar surface area (TPSA) is 53.5 Å². The van der Waals surface area contributed by atoms with Crippen LogP contribution in [-0.4, -0.2) is 18.2 Å². The Morgan fingerprint density at radius 2 is 2.29 bits per heavy atom. The van der Waals surface area contributed by atoms with Crippen LogP contribution in [0.5, 0.6) is 0 Å². The summed E-state index contributed by atoms with van der Waals surface area (Å²) in [7, 11) is 0. The van der Waals surface area contributed by atoms with E-state index in [9.17, 15) is 4.79 Å². The normalized spacial score (nSPS) is 20.3. The van der Waals surface area contributed by atoms with Crippen LogP contribution in [0.2, 0.25) is 5.02 Å². The van der Waals surface area contributed by atoms with Gasteiger partial charge in [0.25, 0.3) is 5.91 Å². The molecule has 4 nitrogen and oxygen atoms in total. The summed E-state index contributed by atoms with van der Waals surface area (Å²) in [5.41, 5.74) is 5.54. The lowest BCUT2D eigenvalue weighted by atomic mass is 9.89. The Morgan fingerprint density at radius 3 is 3.05 bits per heavy atom. The lowest BCUT2D eigenvalue weighted by Gasteiger charge is -2.19. The van der Waals surface area contributed by atoms with E-state index < -0.39 is 0 Å². The fraction of sp³-hybridized carbons (Fsp3) is 0.500. The smallest absolute Gasteiger partial charge is 0.259 e. The van der Waals surface area contributed by atoms with Crippen LogP contribution in [0.1, 0.15) is 38.2 Å². The molecule has 1 fully saturated rings. The molecule has 0 heterocycles. The molecule has 2 rings (SSSR count). The van der Waals surface area contributed by atoms with Gasteiger partial charge in [-0.25, -0.2) is 5.43 Å². The van der Waals surface area contributed by atoms with E-state index in [2.05, 4.69) is 22.8 Å². The molecule has 2 N–H and O–H groups in total. The molecule has 1 aliphatic rings. The maximum atomic E-state index is 11.8. The molecule has 1 aliphatic carbocycles. The minimum atomic E-state index is -0.139. The predicted octanol–water partition coefficient (Wildman–Crippen LogP) is 3.74. The molecule has 0 bridgehead atoms. The van der Waals surface area contributed by atoms with E-state index in [1.807, 2.05) is 25.1 Å². The Kier molecular flexibility index (Phi) is 5.62. The molecule has 0 aliphatic heterocycles. The predicted molar refractivity (Wildman–Crippen MR) is 87.9 cm³/mol. The summed E-state index contributed by atoms with van der Waals surface area (Å²) in [4.78, 5) is 11.8. The highest BCUT2D eigenvalue weighted by atomic mass is 35.5. The monoisotopic (exact) mass is 307 g/mol. The summed E-state index contributed by atoms with van der Waals surface area (Å²) in [6.45, 7) is 4.33. The zero-order chi connectivity index (χ0) is 15.2. The number of nitrogens with one attached hydrogen (secondary N) is 2. The standard InChI is InChI=1S/C16H22ClN3O/c1-11-5-3-6-13(9-11)19-20-16(21)10-18-15-8-4-7-14(17)12(15)2/h4,7-8,11,18H,3,5-6,9-10H2,1-2H3,(H,20,21)/b19-13-/t11-/m0/s1. The first-order chi connectivity index (χ1) is 10.1. The van der Waals surface area contributed by atoms with Gasteiger partial charge >= 0.3 is 0 Å². The van der Waals surface area contributed by atoms with Gasteiger partial charge in [0, 0.05) is 16.4 Å². The molecule has 21 heavy (non-hydrogen) atoms. The number of carbonyl (C=O) groups is 1. The molecule has 1 atom stereocenters. The average molecular weight is 308 g/mol. The number of halogens is 1. The molecular formula is C16H22ClN3O. The third-order valence-corrected chi connectivity index (χ3v) is 4.20. The van der Waals surface area contributed by atoms with E-state index >= 15 is 0 Å². The molecule has 1 aromatic carbocycles. The molecule has 0 saturated heterocycles. The minimum absolute atomic E-state index is 0.139. The summed E-state index contributed by atoms with van der Waals surface area (Å²) in [6.07, 6.45) is 4.39. The van der Waals surface area contributed by atoms with Crippen molar-refractivity contribution >= 4 is 28.9 Å². The second kappa shape index (κ2) is 7.46. The molecule has 1 saturated carbocycles. The van der Waals surface area contributed by atoms with E-state index in [4.69, 9.17) is 11.6 Å². The summed E-state index contributed by atoms with van der Waals surface area (Å²) >= 11 is 6.04. The zero-order valence-corrected chi connectivity index (χ0v) is 13.3. The second-order valence-corrected chi connectivity index (χ2v) is 6.09. The van der Waals surface area contributed by atoms with Crippen molar-refractivity contribution in [2.75, 3.05) is 11.9 Å². The molecule has 114 valence electrons. The van der Waals surface area contributed by atoms with Gasteiger partial charge in [0.05, 0.1) is 6.54 Å². The van der Waals surface area contributed by atoms with Crippen LogP contribution in [0.25, 0.3) is 0 Å². The van der Waals surface area contributed by atoms with Gasteiger partial charge in [0.2, 0.25) is 0 Å². The van der Waals surface area contributed by atoms with Gasteiger partial charge in [-0.2, -0.15) is 5.10 Å². The number of nitrogens with zero attached hydrogens (tertiary/aromatic N) is 1. The minimum Gasteiger partial charge on any atom is -0.376 e. The van der Waals surface area contributed by atoms with Gasteiger partial charge in [-0.15, -0.1) is 0 Å². The van der Waals surface area contributed by atoms with Crippen molar-refractivity contribution in [3.8, 4) is 0 Å². The summed E-state index contributed by atoms with van der Waals surface area (Å²) in [5, 5.41) is 8.01. The molecule has 1 amide bonds. The Labute approximate surface area is 131 Å². The first-order valence-corrected chi connectivity index (χ1v) is 7.77. The van der Waals surface area contributed by atoms with Crippen molar-refractivity contribution in [1.82, 2.24) is 5.43 Å². The highest BCUT2D eigenvalue weighted by Crippen LogP contribution is 2.22. The zero-order valence-electron chi connectivity index (χ0n) is 12.6. The van der Waals surface area contributed by atoms with E-state index in [-0.39, 0.29) is 12.5 Å². The molecule has 5 heteroatoms. The lowest BCUT2D eigenvalue weighted by molar-refractivity contribution is -0.119. The third kappa shape index (κ3) is 4.74. The van der Waals surface area contributed by atoms with Crippen LogP contribution in [-0.2, 0) is 4.79 Å². The Bertz CT molecular complexity index is 542. The molecular weight excluding hydrogens is 286 g/mol. The number of carbonyl (C=O) groups excluding carboxylic acids is 1. The van der Waals surface area contributed by atoms with E-state index in [0.717, 1.165) is 36.2 Å². The maximum Gasteiger partial charge on any atom is 0.259 e. The number of hydrogen-bond acceptors (Lipinski definition) is 3. The largest absolute Gasteiger partial charge is 0.376 e. The van der Waals surface area contributed by atoms with Crippen LogP contribution in [0.3, 0.4) is 0 Å². The number of hydrogen-bond donors (Lipinski definition) is 2. The van der Waals surface area contributed by atoms with Crippen LogP contribution in [0.15, 0.2) is 23.3 Å². The Balaban J connectivity index is 1.82. The van der Waals surface area contributed by atoms with Crippen LogP contribution < -0.4 is 10.7 Å². The van der Waals surface area contributed by atoms with Crippen molar-refractivity contribution in [2.45, 2.75) is 39.5 Å². The van der Waals surface area contributed by atoms with E-state index in [1.54, 1.807) is 0 Å². The Morgan fingerprint density at radius 1 is 1.48 bits per heavy atom. The third-order valence-electron chi connectivity index (χ3n) is 3.79. The van der Waals surface area contributed by atoms with Crippen molar-refractivity contribution in [1.29, 1.82) is 0 Å². The highest BCUT2D eigenvalue weighted by Gasteiger charge is 2.14. The van der Waals surface area contributed by atoms with Gasteiger partial charge in [-0.1, -0.05) is 24.6 Å². The first kappa shape index (κ1) is 15.8. The number of benzene rings is 1. The van der Waals surface area contributed by atoms with Gasteiger partial charge in [-0.3, -0.25) is 4.79 Å². The molecule has 0 radical (unpaired) electrons. The van der Waals surface area contributed by atoms with Gasteiger partial charge in [0.15, 0.2) is 0 Å². The second-order valence-electron chi connectivity index (χ2n) is 5.68. The number of rotatable bonds is 4. The number of hydrazone groups is 1. The molecule has 0 spiro atoms. The van der Waals surface area contributed by atoms with Crippen LogP contribution >= 0.6 is 11.6 Å². The lowest BCUT2D eigenvalue weighted by Crippen LogP contribution is -2.28. The highest BCUT2D eigenvalue weighted by molar-refractivity contribution is 6.31. The SMILES string of the molecule is Cc1c(Cl)cccc1NCC(=O)N/N=C1/CCC[C@H](C)C1. The van der Waals surface area contributed by atoms with E-state index in [1.165, 1.54) is 6.42 Å². The maximum absolute atomic E-state index is 11.8. The molecule has 0 unspecified atom stereocenters. The Hall–Kier alpha value is -1.55. The number of anilines is 1. The summed E-state index contributed by atoms with van der Waals surface area (Å²) in [6, 6.07) is 5.60. The van der Waals surface area contributed by atoms with Crippen molar-refractivity contribution in [3.63, 3.8) is 0 Å². The van der Waals surface area contributed by atoms with Gasteiger partial charge in [-0.05, 0) is 56.2 Å². The first-order valence-electron chi connectivity index (χ1n) is 7.39. The quantitative estimate of drug-likeness (QED) is 0.833. The summed E-state index contributed by atoms with van der Waals surface area (Å²) < 4.78 is 0. The average Bonchev–Trinajstić information content (AvgIpc) is 2.47. The molecule has 0 aromatic heterocycles. The summed E-state index contributed by atoms with van der Waals surface area (Å²) in [5.74, 6) is 0.529. The fourth-order valence-corrected chi connectivity index (χ4v) is 2.69. The number of amides is 1. The fourth-order valence-electron chi connectivity index (χ4n) is 2.52. The van der Waals surface area contributed by atoms with Crippen LogP contribution in [0, 0.1) is 12.8 Å². The van der Waals surface area contributed by atoms with E-state index in [0.29, 0.717) is 10.9 Å². The van der Waals surface area contributed by atoms with Crippen LogP contribution in [0.4, 0.5) is 5.69 Å². The van der Waals surface area contributed by atoms with Crippen molar-refractivity contribution in [2.24, 2.45) is 11.0 Å². The van der Waals surface area contributed by atoms with Gasteiger partial charge in [0.1, 0.15) is 0 Å². The van der Waals surface area contributed by atoms with Crippen molar-refractivity contribution in [3.05, 3.63) is 28.8 Å².